The summed E-state index contributed by atoms with van der Waals surface area (Å²) in [5.74, 6) is 1.26. The second-order valence-electron chi connectivity index (χ2n) is 7.18. The van der Waals surface area contributed by atoms with E-state index >= 15 is 0 Å². The maximum absolute atomic E-state index is 9.47. The second-order valence-corrected chi connectivity index (χ2v) is 7.18. The molecule has 0 aromatic heterocycles. The average molecular weight is 253 g/mol. The Balaban J connectivity index is 1.82. The van der Waals surface area contributed by atoms with Gasteiger partial charge in [0.25, 0.3) is 0 Å². The zero-order chi connectivity index (χ0) is 13.0. The first-order chi connectivity index (χ1) is 8.63. The quantitative estimate of drug-likeness (QED) is 0.805. The molecule has 0 aliphatic heterocycles. The molecule has 0 bridgehead atoms. The van der Waals surface area contributed by atoms with Gasteiger partial charge < -0.3 is 10.4 Å². The third-order valence-electron chi connectivity index (χ3n) is 5.43. The first-order valence-corrected chi connectivity index (χ1v) is 7.98. The summed E-state index contributed by atoms with van der Waals surface area (Å²) >= 11 is 0. The minimum absolute atomic E-state index is 0.389. The highest BCUT2D eigenvalue weighted by molar-refractivity contribution is 4.89. The van der Waals surface area contributed by atoms with Gasteiger partial charge in [0.05, 0.1) is 0 Å². The van der Waals surface area contributed by atoms with E-state index in [9.17, 15) is 5.11 Å². The highest BCUT2D eigenvalue weighted by Crippen LogP contribution is 2.36. The van der Waals surface area contributed by atoms with Crippen LogP contribution < -0.4 is 5.32 Å². The van der Waals surface area contributed by atoms with Crippen LogP contribution in [0.5, 0.6) is 0 Å². The topological polar surface area (TPSA) is 32.3 Å². The molecule has 0 amide bonds. The number of aliphatic hydroxyl groups excluding tert-OH is 1. The summed E-state index contributed by atoms with van der Waals surface area (Å²) in [5, 5.41) is 13.3. The van der Waals surface area contributed by atoms with Crippen LogP contribution in [0.4, 0.5) is 0 Å². The molecule has 106 valence electrons. The smallest absolute Gasteiger partial charge is 0.0462 e. The Morgan fingerprint density at radius 2 is 1.67 bits per heavy atom. The van der Waals surface area contributed by atoms with Crippen molar-refractivity contribution in [1.82, 2.24) is 5.32 Å². The van der Waals surface area contributed by atoms with E-state index in [1.54, 1.807) is 0 Å². The van der Waals surface area contributed by atoms with Gasteiger partial charge in [-0.3, -0.25) is 0 Å². The van der Waals surface area contributed by atoms with Crippen LogP contribution in [0, 0.1) is 17.3 Å². The summed E-state index contributed by atoms with van der Waals surface area (Å²) < 4.78 is 0. The zero-order valence-corrected chi connectivity index (χ0v) is 12.3. The van der Waals surface area contributed by atoms with Crippen molar-refractivity contribution in [3.63, 3.8) is 0 Å². The van der Waals surface area contributed by atoms with Gasteiger partial charge in [0.15, 0.2) is 0 Å². The monoisotopic (exact) mass is 253 g/mol. The molecule has 2 N–H and O–H groups in total. The molecule has 2 heteroatoms. The van der Waals surface area contributed by atoms with Crippen LogP contribution in [0.3, 0.4) is 0 Å². The molecule has 2 aliphatic carbocycles. The Hall–Kier alpha value is -0.0800. The molecule has 2 saturated carbocycles. The van der Waals surface area contributed by atoms with Crippen molar-refractivity contribution >= 4 is 0 Å². The van der Waals surface area contributed by atoms with Crippen LogP contribution in [-0.2, 0) is 0 Å². The summed E-state index contributed by atoms with van der Waals surface area (Å²) in [7, 11) is 0. The van der Waals surface area contributed by atoms with E-state index in [1.165, 1.54) is 51.4 Å². The van der Waals surface area contributed by atoms with Gasteiger partial charge in [-0.25, -0.2) is 0 Å². The predicted molar refractivity (Wildman–Crippen MR) is 76.6 cm³/mol. The molecule has 3 unspecified atom stereocenters. The van der Waals surface area contributed by atoms with Crippen LogP contribution in [0.15, 0.2) is 0 Å². The highest BCUT2D eigenvalue weighted by Gasteiger charge is 2.33. The molecule has 2 aliphatic rings. The lowest BCUT2D eigenvalue weighted by atomic mass is 9.72. The van der Waals surface area contributed by atoms with Crippen LogP contribution in [-0.4, -0.2) is 24.3 Å². The minimum Gasteiger partial charge on any atom is -0.396 e. The fourth-order valence-corrected chi connectivity index (χ4v) is 3.96. The molecule has 2 fully saturated rings. The van der Waals surface area contributed by atoms with Crippen molar-refractivity contribution < 1.29 is 5.11 Å². The normalized spacial score (nSPS) is 36.5. The van der Waals surface area contributed by atoms with Crippen LogP contribution in [0.2, 0.25) is 0 Å². The molecule has 2 rings (SSSR count). The Morgan fingerprint density at radius 1 is 1.00 bits per heavy atom. The fraction of sp³-hybridized carbons (Fsp3) is 1.00. The van der Waals surface area contributed by atoms with Gasteiger partial charge in [0.2, 0.25) is 0 Å². The lowest BCUT2D eigenvalue weighted by Crippen LogP contribution is -2.47. The van der Waals surface area contributed by atoms with Gasteiger partial charge in [-0.1, -0.05) is 39.5 Å². The summed E-state index contributed by atoms with van der Waals surface area (Å²) in [4.78, 5) is 0. The lowest BCUT2D eigenvalue weighted by Gasteiger charge is -2.41. The molecular formula is C16H31NO. The van der Waals surface area contributed by atoms with Crippen LogP contribution in [0.25, 0.3) is 0 Å². The Labute approximate surface area is 113 Å². The zero-order valence-electron chi connectivity index (χ0n) is 12.3. The molecule has 0 spiro atoms. The van der Waals surface area contributed by atoms with E-state index in [1.807, 2.05) is 0 Å². The number of rotatable bonds is 4. The minimum atomic E-state index is 0.389. The van der Waals surface area contributed by atoms with Crippen molar-refractivity contribution in [2.24, 2.45) is 17.3 Å². The van der Waals surface area contributed by atoms with E-state index in [2.05, 4.69) is 19.2 Å². The maximum Gasteiger partial charge on any atom is 0.0462 e. The molecule has 0 aromatic carbocycles. The summed E-state index contributed by atoms with van der Waals surface area (Å²) in [5.41, 5.74) is 0.460. The Bertz CT molecular complexity index is 251. The van der Waals surface area contributed by atoms with E-state index in [0.29, 0.717) is 29.9 Å². The Morgan fingerprint density at radius 3 is 2.33 bits per heavy atom. The summed E-state index contributed by atoms with van der Waals surface area (Å²) in [6.07, 6.45) is 10.7. The van der Waals surface area contributed by atoms with Gasteiger partial charge in [0, 0.05) is 12.6 Å². The summed E-state index contributed by atoms with van der Waals surface area (Å²) in [6, 6.07) is 0.688. The van der Waals surface area contributed by atoms with Gasteiger partial charge in [-0.05, 0) is 49.5 Å². The van der Waals surface area contributed by atoms with E-state index in [-0.39, 0.29) is 0 Å². The van der Waals surface area contributed by atoms with Crippen molar-refractivity contribution in [2.75, 3.05) is 13.2 Å². The highest BCUT2D eigenvalue weighted by atomic mass is 16.3. The summed E-state index contributed by atoms with van der Waals surface area (Å²) in [6.45, 7) is 6.34. The number of nitrogens with one attached hydrogen (secondary N) is 1. The SMILES string of the molecule is CC1(C)CCCCC1NCC1CCCCC1CO. The van der Waals surface area contributed by atoms with E-state index in [0.717, 1.165) is 6.54 Å². The Kier molecular flexibility index (Phi) is 5.08. The molecular weight excluding hydrogens is 222 g/mol. The number of hydrogen-bond donors (Lipinski definition) is 2. The van der Waals surface area contributed by atoms with Crippen molar-refractivity contribution in [2.45, 2.75) is 71.3 Å². The van der Waals surface area contributed by atoms with Crippen molar-refractivity contribution in [1.29, 1.82) is 0 Å². The molecule has 3 atom stereocenters. The van der Waals surface area contributed by atoms with E-state index < -0.39 is 0 Å². The molecule has 18 heavy (non-hydrogen) atoms. The second kappa shape index (κ2) is 6.38. The van der Waals surface area contributed by atoms with E-state index in [4.69, 9.17) is 0 Å². The first-order valence-electron chi connectivity index (χ1n) is 7.98. The third kappa shape index (κ3) is 3.48. The average Bonchev–Trinajstić information content (AvgIpc) is 2.37. The third-order valence-corrected chi connectivity index (χ3v) is 5.43. The van der Waals surface area contributed by atoms with Crippen molar-refractivity contribution in [3.8, 4) is 0 Å². The number of aliphatic hydroxyl groups is 1. The number of hydrogen-bond acceptors (Lipinski definition) is 2. The van der Waals surface area contributed by atoms with Gasteiger partial charge in [-0.2, -0.15) is 0 Å². The molecule has 2 nitrogen and oxygen atoms in total. The fourth-order valence-electron chi connectivity index (χ4n) is 3.96. The van der Waals surface area contributed by atoms with Gasteiger partial charge in [-0.15, -0.1) is 0 Å². The van der Waals surface area contributed by atoms with Gasteiger partial charge >= 0.3 is 0 Å². The predicted octanol–water partition coefficient (Wildman–Crippen LogP) is 3.34. The van der Waals surface area contributed by atoms with Crippen LogP contribution in [0.1, 0.15) is 65.2 Å². The van der Waals surface area contributed by atoms with Gasteiger partial charge in [0.1, 0.15) is 0 Å². The van der Waals surface area contributed by atoms with Crippen molar-refractivity contribution in [3.05, 3.63) is 0 Å². The lowest BCUT2D eigenvalue weighted by molar-refractivity contribution is 0.113. The molecule has 0 heterocycles. The molecule has 0 saturated heterocycles. The van der Waals surface area contributed by atoms with Crippen LogP contribution >= 0.6 is 0 Å². The maximum atomic E-state index is 9.47. The molecule has 0 aromatic rings. The largest absolute Gasteiger partial charge is 0.396 e. The standard InChI is InChI=1S/C16H31NO/c1-16(2)10-6-5-9-15(16)17-11-13-7-3-4-8-14(13)12-18/h13-15,17-18H,3-12H2,1-2H3. The first kappa shape index (κ1) is 14.3. The molecule has 0 radical (unpaired) electrons.